The molecule has 1 saturated carbocycles. The van der Waals surface area contributed by atoms with Crippen molar-refractivity contribution < 1.29 is 0 Å². The van der Waals surface area contributed by atoms with Crippen molar-refractivity contribution in [2.24, 2.45) is 5.92 Å². The predicted molar refractivity (Wildman–Crippen MR) is 55.5 cm³/mol. The van der Waals surface area contributed by atoms with Gasteiger partial charge in [-0.2, -0.15) is 5.10 Å². The van der Waals surface area contributed by atoms with E-state index < -0.39 is 0 Å². The smallest absolute Gasteiger partial charge is 0.140 e. The lowest BCUT2D eigenvalue weighted by Gasteiger charge is -2.02. The molecule has 3 nitrogen and oxygen atoms in total. The van der Waals surface area contributed by atoms with Crippen LogP contribution in [0.5, 0.6) is 0 Å². The van der Waals surface area contributed by atoms with Crippen LogP contribution in [0.25, 0.3) is 5.65 Å². The number of halogens is 1. The zero-order valence-electron chi connectivity index (χ0n) is 7.86. The van der Waals surface area contributed by atoms with Crippen LogP contribution >= 0.6 is 11.6 Å². The van der Waals surface area contributed by atoms with Gasteiger partial charge < -0.3 is 4.57 Å². The van der Waals surface area contributed by atoms with Crippen molar-refractivity contribution in [3.8, 4) is 0 Å². The highest BCUT2D eigenvalue weighted by atomic mass is 35.5. The predicted octanol–water partition coefficient (Wildman–Crippen LogP) is 2.28. The maximum absolute atomic E-state index is 5.86. The van der Waals surface area contributed by atoms with Gasteiger partial charge in [-0.15, -0.1) is 11.6 Å². The Kier molecular flexibility index (Phi) is 1.80. The van der Waals surface area contributed by atoms with Crippen LogP contribution in [0.3, 0.4) is 0 Å². The Morgan fingerprint density at radius 2 is 2.29 bits per heavy atom. The summed E-state index contributed by atoms with van der Waals surface area (Å²) in [5, 5.41) is 4.25. The van der Waals surface area contributed by atoms with Gasteiger partial charge in [0.2, 0.25) is 0 Å². The van der Waals surface area contributed by atoms with Crippen molar-refractivity contribution in [2.45, 2.75) is 25.3 Å². The van der Waals surface area contributed by atoms with Gasteiger partial charge in [0.05, 0.1) is 12.1 Å². The highest BCUT2D eigenvalue weighted by Gasteiger charge is 2.22. The summed E-state index contributed by atoms with van der Waals surface area (Å²) in [6.07, 6.45) is 8.68. The maximum atomic E-state index is 5.86. The van der Waals surface area contributed by atoms with Crippen molar-refractivity contribution in [2.75, 3.05) is 0 Å². The molecule has 0 radical (unpaired) electrons. The Morgan fingerprint density at radius 3 is 3.00 bits per heavy atom. The van der Waals surface area contributed by atoms with Crippen LogP contribution in [0, 0.1) is 5.92 Å². The molecule has 0 amide bonds. The maximum Gasteiger partial charge on any atom is 0.140 e. The number of nitrogens with zero attached hydrogens (tertiary/aromatic N) is 3. The molecule has 74 valence electrons. The van der Waals surface area contributed by atoms with Crippen LogP contribution in [0.2, 0.25) is 0 Å². The van der Waals surface area contributed by atoms with Gasteiger partial charge in [-0.1, -0.05) is 0 Å². The molecule has 1 aliphatic carbocycles. The van der Waals surface area contributed by atoms with Gasteiger partial charge in [0.1, 0.15) is 5.65 Å². The summed E-state index contributed by atoms with van der Waals surface area (Å²) in [6, 6.07) is 0. The Balaban J connectivity index is 2.06. The molecule has 0 spiro atoms. The fraction of sp³-hybridized carbons (Fsp3) is 0.500. The summed E-state index contributed by atoms with van der Waals surface area (Å²) in [5.74, 6) is 1.42. The molecule has 0 saturated heterocycles. The van der Waals surface area contributed by atoms with Crippen LogP contribution in [-0.4, -0.2) is 14.2 Å². The first-order valence-corrected chi connectivity index (χ1v) is 5.49. The SMILES string of the molecule is ClCc1cnn2ccn(CC3CC3)c12. The van der Waals surface area contributed by atoms with Crippen molar-refractivity contribution in [3.05, 3.63) is 24.2 Å². The number of hydrogen-bond donors (Lipinski definition) is 0. The molecule has 2 heterocycles. The fourth-order valence-corrected chi connectivity index (χ4v) is 2.04. The second kappa shape index (κ2) is 3.02. The molecule has 3 rings (SSSR count). The average Bonchev–Trinajstić information content (AvgIpc) is 2.78. The van der Waals surface area contributed by atoms with E-state index in [1.807, 2.05) is 16.9 Å². The number of fused-ring (bicyclic) bond motifs is 1. The second-order valence-corrected chi connectivity index (χ2v) is 4.23. The Hall–Kier alpha value is -0.960. The fourth-order valence-electron chi connectivity index (χ4n) is 1.85. The number of aromatic nitrogens is 3. The van der Waals surface area contributed by atoms with Gasteiger partial charge in [0.25, 0.3) is 0 Å². The summed E-state index contributed by atoms with van der Waals surface area (Å²) in [7, 11) is 0. The van der Waals surface area contributed by atoms with Gasteiger partial charge in [-0.05, 0) is 18.8 Å². The molecule has 1 fully saturated rings. The summed E-state index contributed by atoms with van der Waals surface area (Å²) in [4.78, 5) is 0. The molecule has 4 heteroatoms. The summed E-state index contributed by atoms with van der Waals surface area (Å²) < 4.78 is 4.17. The third-order valence-electron chi connectivity index (χ3n) is 2.80. The molecule has 14 heavy (non-hydrogen) atoms. The molecule has 0 aromatic carbocycles. The van der Waals surface area contributed by atoms with E-state index in [-0.39, 0.29) is 0 Å². The lowest BCUT2D eigenvalue weighted by Crippen LogP contribution is -1.99. The molecule has 0 aliphatic heterocycles. The van der Waals surface area contributed by atoms with Crippen LogP contribution in [0.4, 0.5) is 0 Å². The molecule has 0 unspecified atom stereocenters. The summed E-state index contributed by atoms with van der Waals surface area (Å²) in [5.41, 5.74) is 2.28. The summed E-state index contributed by atoms with van der Waals surface area (Å²) >= 11 is 5.86. The Bertz CT molecular complexity index is 453. The third kappa shape index (κ3) is 1.23. The van der Waals surface area contributed by atoms with Gasteiger partial charge in [-0.25, -0.2) is 4.52 Å². The highest BCUT2D eigenvalue weighted by Crippen LogP contribution is 2.31. The van der Waals surface area contributed by atoms with E-state index in [4.69, 9.17) is 11.6 Å². The molecule has 0 N–H and O–H groups in total. The molecular weight excluding hydrogens is 198 g/mol. The quantitative estimate of drug-likeness (QED) is 0.711. The minimum Gasteiger partial charge on any atom is -0.331 e. The second-order valence-electron chi connectivity index (χ2n) is 3.97. The Morgan fingerprint density at radius 1 is 1.43 bits per heavy atom. The normalized spacial score (nSPS) is 16.6. The van der Waals surface area contributed by atoms with E-state index in [1.54, 1.807) is 0 Å². The Labute approximate surface area is 87.3 Å². The van der Waals surface area contributed by atoms with Crippen molar-refractivity contribution in [3.63, 3.8) is 0 Å². The van der Waals surface area contributed by atoms with Crippen LogP contribution < -0.4 is 0 Å². The highest BCUT2D eigenvalue weighted by molar-refractivity contribution is 6.17. The standard InChI is InChI=1S/C10H12ClN3/c11-5-9-6-12-14-4-3-13(10(9)14)7-8-1-2-8/h3-4,6,8H,1-2,5,7H2. The van der Waals surface area contributed by atoms with Crippen LogP contribution in [-0.2, 0) is 12.4 Å². The monoisotopic (exact) mass is 209 g/mol. The van der Waals surface area contributed by atoms with E-state index in [1.165, 1.54) is 12.8 Å². The molecule has 1 aliphatic rings. The van der Waals surface area contributed by atoms with E-state index in [0.29, 0.717) is 5.88 Å². The molecule has 2 aromatic heterocycles. The van der Waals surface area contributed by atoms with Gasteiger partial charge in [-0.3, -0.25) is 0 Å². The summed E-state index contributed by atoms with van der Waals surface area (Å²) in [6.45, 7) is 1.12. The molecular formula is C10H12ClN3. The minimum absolute atomic E-state index is 0.540. The van der Waals surface area contributed by atoms with Gasteiger partial charge in [0, 0.05) is 24.5 Å². The first kappa shape index (κ1) is 8.36. The van der Waals surface area contributed by atoms with Crippen molar-refractivity contribution in [1.82, 2.24) is 14.2 Å². The average molecular weight is 210 g/mol. The van der Waals surface area contributed by atoms with E-state index in [0.717, 1.165) is 23.7 Å². The number of imidazole rings is 1. The van der Waals surface area contributed by atoms with Crippen molar-refractivity contribution >= 4 is 17.2 Å². The molecule has 2 aromatic rings. The zero-order chi connectivity index (χ0) is 9.54. The first-order chi connectivity index (χ1) is 6.88. The number of rotatable bonds is 3. The lowest BCUT2D eigenvalue weighted by molar-refractivity contribution is 0.643. The van der Waals surface area contributed by atoms with Crippen LogP contribution in [0.15, 0.2) is 18.6 Å². The van der Waals surface area contributed by atoms with Crippen LogP contribution in [0.1, 0.15) is 18.4 Å². The lowest BCUT2D eigenvalue weighted by atomic mass is 10.3. The topological polar surface area (TPSA) is 22.2 Å². The molecule has 0 atom stereocenters. The van der Waals surface area contributed by atoms with E-state index >= 15 is 0 Å². The largest absolute Gasteiger partial charge is 0.331 e. The zero-order valence-corrected chi connectivity index (χ0v) is 8.61. The van der Waals surface area contributed by atoms with Gasteiger partial charge in [0.15, 0.2) is 0 Å². The number of hydrogen-bond acceptors (Lipinski definition) is 1. The minimum atomic E-state index is 0.540. The molecule has 0 bridgehead atoms. The first-order valence-electron chi connectivity index (χ1n) is 4.96. The number of alkyl halides is 1. The van der Waals surface area contributed by atoms with Crippen molar-refractivity contribution in [1.29, 1.82) is 0 Å². The van der Waals surface area contributed by atoms with E-state index in [9.17, 15) is 0 Å². The van der Waals surface area contributed by atoms with Gasteiger partial charge >= 0.3 is 0 Å². The van der Waals surface area contributed by atoms with E-state index in [2.05, 4.69) is 15.9 Å². The third-order valence-corrected chi connectivity index (χ3v) is 3.09.